The summed E-state index contributed by atoms with van der Waals surface area (Å²) in [6.07, 6.45) is 3.74. The number of Topliss-reactive ketones (excluding diaryl/α,β-unsaturated/α-hetero) is 2. The molecule has 0 radical (unpaired) electrons. The molecule has 4 aromatic rings. The summed E-state index contributed by atoms with van der Waals surface area (Å²) in [4.78, 5) is 25.4. The zero-order valence-corrected chi connectivity index (χ0v) is 22.1. The summed E-state index contributed by atoms with van der Waals surface area (Å²) in [5.74, 6) is 0.152. The zero-order valence-electron chi connectivity index (χ0n) is 22.1. The molecule has 0 aliphatic carbocycles. The minimum atomic E-state index is 0.0761. The van der Waals surface area contributed by atoms with Crippen molar-refractivity contribution in [3.63, 3.8) is 0 Å². The van der Waals surface area contributed by atoms with Gasteiger partial charge in [0, 0.05) is 48.6 Å². The summed E-state index contributed by atoms with van der Waals surface area (Å²) in [6.45, 7) is 0.336. The first kappa shape index (κ1) is 28.0. The lowest BCUT2D eigenvalue weighted by Crippen LogP contribution is -2.04. The van der Waals surface area contributed by atoms with Gasteiger partial charge >= 0.3 is 0 Å². The van der Waals surface area contributed by atoms with Gasteiger partial charge in [0.05, 0.1) is 0 Å². The van der Waals surface area contributed by atoms with E-state index in [0.717, 1.165) is 59.3 Å². The van der Waals surface area contributed by atoms with Gasteiger partial charge in [-0.2, -0.15) is 0 Å². The molecule has 5 heteroatoms. The first-order valence-electron chi connectivity index (χ1n) is 13.4. The second-order valence-corrected chi connectivity index (χ2v) is 9.77. The van der Waals surface area contributed by atoms with Crippen LogP contribution in [0.25, 0.3) is 0 Å². The predicted octanol–water partition coefficient (Wildman–Crippen LogP) is 6.13. The molecule has 4 aromatic carbocycles. The zero-order chi connectivity index (χ0) is 27.5. The number of rotatable bonds is 14. The molecule has 0 atom stereocenters. The predicted molar refractivity (Wildman–Crippen MR) is 156 cm³/mol. The Morgan fingerprint density at radius 3 is 1.15 bits per heavy atom. The summed E-state index contributed by atoms with van der Waals surface area (Å²) >= 11 is 0. The number of ketones is 2. The van der Waals surface area contributed by atoms with Crippen molar-refractivity contribution in [1.82, 2.24) is 0 Å². The van der Waals surface area contributed by atoms with Crippen LogP contribution in [-0.2, 0) is 25.7 Å². The normalized spacial score (nSPS) is 10.8. The summed E-state index contributed by atoms with van der Waals surface area (Å²) in [5.41, 5.74) is 7.37. The fourth-order valence-electron chi connectivity index (χ4n) is 4.43. The van der Waals surface area contributed by atoms with Gasteiger partial charge in [-0.1, -0.05) is 72.8 Å². The minimum Gasteiger partial charge on any atom is -0.396 e. The molecule has 0 aliphatic rings. The highest BCUT2D eigenvalue weighted by Crippen LogP contribution is 2.20. The number of carbonyl (C=O) groups is 2. The van der Waals surface area contributed by atoms with Crippen molar-refractivity contribution >= 4 is 22.9 Å². The topological polar surface area (TPSA) is 86.6 Å². The Morgan fingerprint density at radius 1 is 0.487 bits per heavy atom. The highest BCUT2D eigenvalue weighted by Gasteiger charge is 2.09. The van der Waals surface area contributed by atoms with Crippen molar-refractivity contribution in [2.24, 2.45) is 0 Å². The van der Waals surface area contributed by atoms with E-state index in [2.05, 4.69) is 5.32 Å². The van der Waals surface area contributed by atoms with Crippen LogP contribution in [0.5, 0.6) is 0 Å². The molecule has 0 bridgehead atoms. The van der Waals surface area contributed by atoms with E-state index in [1.54, 1.807) is 0 Å². The van der Waals surface area contributed by atoms with Gasteiger partial charge in [-0.25, -0.2) is 0 Å². The van der Waals surface area contributed by atoms with Gasteiger partial charge in [-0.05, 0) is 72.2 Å². The monoisotopic (exact) mass is 521 g/mol. The van der Waals surface area contributed by atoms with Crippen LogP contribution in [0, 0.1) is 0 Å². The average molecular weight is 522 g/mol. The summed E-state index contributed by atoms with van der Waals surface area (Å²) in [7, 11) is 0. The Balaban J connectivity index is 1.27. The molecule has 200 valence electrons. The van der Waals surface area contributed by atoms with Gasteiger partial charge in [0.1, 0.15) is 0 Å². The Labute approximate surface area is 230 Å². The van der Waals surface area contributed by atoms with Gasteiger partial charge in [-0.15, -0.1) is 0 Å². The van der Waals surface area contributed by atoms with E-state index in [4.69, 9.17) is 10.2 Å². The maximum Gasteiger partial charge on any atom is 0.167 e. The number of aliphatic hydroxyl groups excluding tert-OH is 2. The molecular formula is C34H35NO4. The maximum absolute atomic E-state index is 12.7. The number of aliphatic hydroxyl groups is 2. The molecule has 0 saturated heterocycles. The van der Waals surface area contributed by atoms with Crippen LogP contribution in [0.2, 0.25) is 0 Å². The largest absolute Gasteiger partial charge is 0.396 e. The first-order chi connectivity index (χ1) is 19.0. The maximum atomic E-state index is 12.7. The van der Waals surface area contributed by atoms with Gasteiger partial charge in [0.2, 0.25) is 0 Å². The average Bonchev–Trinajstić information content (AvgIpc) is 2.97. The highest BCUT2D eigenvalue weighted by molar-refractivity contribution is 5.98. The molecule has 0 aliphatic heterocycles. The molecule has 0 fully saturated rings. The lowest BCUT2D eigenvalue weighted by atomic mass is 10.0. The number of nitrogens with one attached hydrogen (secondary N) is 1. The van der Waals surface area contributed by atoms with E-state index in [-0.39, 0.29) is 24.8 Å². The molecule has 4 rings (SSSR count). The third kappa shape index (κ3) is 8.47. The summed E-state index contributed by atoms with van der Waals surface area (Å²) in [6, 6.07) is 30.9. The van der Waals surface area contributed by atoms with Crippen molar-refractivity contribution in [3.05, 3.63) is 130 Å². The Morgan fingerprint density at radius 2 is 0.821 bits per heavy atom. The van der Waals surface area contributed by atoms with Crippen LogP contribution in [0.15, 0.2) is 97.1 Å². The number of benzene rings is 4. The van der Waals surface area contributed by atoms with Gasteiger partial charge in [-0.3, -0.25) is 9.59 Å². The molecule has 39 heavy (non-hydrogen) atoms. The van der Waals surface area contributed by atoms with Crippen molar-refractivity contribution in [1.29, 1.82) is 0 Å². The first-order valence-corrected chi connectivity index (χ1v) is 13.4. The van der Waals surface area contributed by atoms with E-state index in [1.165, 1.54) is 0 Å². The van der Waals surface area contributed by atoms with Crippen molar-refractivity contribution in [2.75, 3.05) is 18.5 Å². The molecule has 5 nitrogen and oxygen atoms in total. The van der Waals surface area contributed by atoms with Crippen LogP contribution < -0.4 is 5.32 Å². The van der Waals surface area contributed by atoms with Crippen molar-refractivity contribution in [3.8, 4) is 0 Å². The fourth-order valence-corrected chi connectivity index (χ4v) is 4.43. The molecule has 0 aromatic heterocycles. The molecule has 0 amide bonds. The van der Waals surface area contributed by atoms with Gasteiger partial charge < -0.3 is 15.5 Å². The lowest BCUT2D eigenvalue weighted by Gasteiger charge is -2.09. The molecule has 0 spiro atoms. The van der Waals surface area contributed by atoms with Gasteiger partial charge in [0.25, 0.3) is 0 Å². The minimum absolute atomic E-state index is 0.0761. The van der Waals surface area contributed by atoms with Gasteiger partial charge in [0.15, 0.2) is 11.6 Å². The number of hydrogen-bond donors (Lipinski definition) is 3. The van der Waals surface area contributed by atoms with Crippen LogP contribution in [0.4, 0.5) is 11.4 Å². The number of carbonyl (C=O) groups excluding carboxylic acids is 2. The Kier molecular flexibility index (Phi) is 10.2. The van der Waals surface area contributed by atoms with E-state index in [1.807, 2.05) is 97.1 Å². The van der Waals surface area contributed by atoms with Crippen LogP contribution in [0.3, 0.4) is 0 Å². The Hall–Kier alpha value is -4.06. The number of anilines is 2. The number of hydrogen-bond acceptors (Lipinski definition) is 5. The summed E-state index contributed by atoms with van der Waals surface area (Å²) in [5, 5.41) is 21.3. The smallest absolute Gasteiger partial charge is 0.167 e. The third-order valence-corrected chi connectivity index (χ3v) is 6.72. The second kappa shape index (κ2) is 14.2. The van der Waals surface area contributed by atoms with E-state index in [0.29, 0.717) is 24.0 Å². The SMILES string of the molecule is O=C(Cc1ccc(Nc2ccc(CC(=O)c3ccc(CCCO)cc3)cc2)cc1)c1ccc(CCCO)cc1. The second-order valence-electron chi connectivity index (χ2n) is 9.77. The van der Waals surface area contributed by atoms with Crippen LogP contribution >= 0.6 is 0 Å². The lowest BCUT2D eigenvalue weighted by molar-refractivity contribution is 0.0984. The van der Waals surface area contributed by atoms with Crippen LogP contribution in [-0.4, -0.2) is 35.0 Å². The highest BCUT2D eigenvalue weighted by atomic mass is 16.3. The molecule has 3 N–H and O–H groups in total. The molecule has 0 heterocycles. The van der Waals surface area contributed by atoms with Crippen molar-refractivity contribution in [2.45, 2.75) is 38.5 Å². The summed E-state index contributed by atoms with van der Waals surface area (Å²) < 4.78 is 0. The number of aryl methyl sites for hydroxylation is 2. The van der Waals surface area contributed by atoms with E-state index < -0.39 is 0 Å². The van der Waals surface area contributed by atoms with E-state index >= 15 is 0 Å². The van der Waals surface area contributed by atoms with E-state index in [9.17, 15) is 9.59 Å². The molecule has 0 unspecified atom stereocenters. The quantitative estimate of drug-likeness (QED) is 0.174. The molecule has 0 saturated carbocycles. The third-order valence-electron chi connectivity index (χ3n) is 6.72. The van der Waals surface area contributed by atoms with Crippen molar-refractivity contribution < 1.29 is 19.8 Å². The fraction of sp³-hybridized carbons (Fsp3) is 0.235. The Bertz CT molecular complexity index is 1240. The molecular weight excluding hydrogens is 486 g/mol. The standard InChI is InChI=1S/C34H35NO4/c36-21-1-3-25-5-13-29(14-6-25)33(38)23-27-9-17-31(18-10-27)35-32-19-11-28(12-20-32)24-34(39)30-15-7-26(8-16-30)4-2-22-37/h5-20,35-37H,1-4,21-24H2. The van der Waals surface area contributed by atoms with Crippen LogP contribution in [0.1, 0.15) is 55.8 Å².